The van der Waals surface area contributed by atoms with Crippen LogP contribution in [0.5, 0.6) is 0 Å². The van der Waals surface area contributed by atoms with E-state index in [1.807, 2.05) is 11.3 Å². The number of benzene rings is 1. The van der Waals surface area contributed by atoms with Crippen LogP contribution in [0.1, 0.15) is 24.4 Å². The van der Waals surface area contributed by atoms with Crippen LogP contribution in [0, 0.1) is 0 Å². The smallest absolute Gasteiger partial charge is 0.0485 e. The molecule has 2 heterocycles. The zero-order valence-corrected chi connectivity index (χ0v) is 13.2. The summed E-state index contributed by atoms with van der Waals surface area (Å²) in [4.78, 5) is 5.25. The Morgan fingerprint density at radius 3 is 2.62 bits per heavy atom. The Balaban J connectivity index is 1.54. The largest absolute Gasteiger partial charge is 0.329 e. The van der Waals surface area contributed by atoms with Crippen LogP contribution in [-0.4, -0.2) is 48.6 Å². The summed E-state index contributed by atoms with van der Waals surface area (Å²) < 4.78 is 1.38. The molecular weight excluding hydrogens is 278 g/mol. The number of rotatable bonds is 4. The molecule has 1 aromatic carbocycles. The molecule has 2 N–H and O–H groups in total. The first-order valence-electron chi connectivity index (χ1n) is 8.01. The summed E-state index contributed by atoms with van der Waals surface area (Å²) in [5.74, 6) is 0. The zero-order valence-electron chi connectivity index (χ0n) is 12.4. The molecule has 2 aromatic rings. The van der Waals surface area contributed by atoms with Crippen LogP contribution in [0.15, 0.2) is 29.6 Å². The Bertz CT molecular complexity index is 611. The minimum absolute atomic E-state index is 0.377. The summed E-state index contributed by atoms with van der Waals surface area (Å²) >= 11 is 1.84. The molecule has 1 atom stereocenters. The van der Waals surface area contributed by atoms with E-state index in [1.54, 1.807) is 0 Å². The van der Waals surface area contributed by atoms with Gasteiger partial charge in [-0.1, -0.05) is 18.2 Å². The molecule has 1 aliphatic heterocycles. The standard InChI is InChI=1S/C17H23N3S/c18-11-16(15-12-21-17-4-2-1-3-14(15)17)20-9-7-19(8-10-20)13-5-6-13/h1-4,12-13,16H,5-11,18H2. The second kappa shape index (κ2) is 5.69. The van der Waals surface area contributed by atoms with Crippen molar-refractivity contribution in [2.75, 3.05) is 32.7 Å². The van der Waals surface area contributed by atoms with Crippen molar-refractivity contribution < 1.29 is 0 Å². The van der Waals surface area contributed by atoms with E-state index >= 15 is 0 Å². The van der Waals surface area contributed by atoms with Crippen LogP contribution in [0.3, 0.4) is 0 Å². The predicted molar refractivity (Wildman–Crippen MR) is 89.8 cm³/mol. The predicted octanol–water partition coefficient (Wildman–Crippen LogP) is 2.68. The molecule has 0 bridgehead atoms. The highest BCUT2D eigenvalue weighted by molar-refractivity contribution is 7.17. The monoisotopic (exact) mass is 301 g/mol. The van der Waals surface area contributed by atoms with Gasteiger partial charge in [0.05, 0.1) is 0 Å². The van der Waals surface area contributed by atoms with Crippen LogP contribution >= 0.6 is 11.3 Å². The van der Waals surface area contributed by atoms with Crippen LogP contribution in [-0.2, 0) is 0 Å². The molecule has 1 saturated heterocycles. The molecule has 112 valence electrons. The molecule has 1 unspecified atom stereocenters. The number of hydrogen-bond acceptors (Lipinski definition) is 4. The molecule has 0 spiro atoms. The summed E-state index contributed by atoms with van der Waals surface area (Å²) in [6, 6.07) is 9.98. The van der Waals surface area contributed by atoms with Gasteiger partial charge in [0, 0.05) is 49.5 Å². The highest BCUT2D eigenvalue weighted by Crippen LogP contribution is 2.34. The van der Waals surface area contributed by atoms with Gasteiger partial charge in [0.15, 0.2) is 0 Å². The van der Waals surface area contributed by atoms with Gasteiger partial charge in [-0.3, -0.25) is 9.80 Å². The normalized spacial score (nSPS) is 22.7. The average molecular weight is 301 g/mol. The highest BCUT2D eigenvalue weighted by atomic mass is 32.1. The second-order valence-corrected chi connectivity index (χ2v) is 7.15. The lowest BCUT2D eigenvalue weighted by molar-refractivity contribution is 0.0944. The van der Waals surface area contributed by atoms with Crippen LogP contribution in [0.2, 0.25) is 0 Å². The first-order valence-corrected chi connectivity index (χ1v) is 8.89. The van der Waals surface area contributed by atoms with Crippen molar-refractivity contribution >= 4 is 21.4 Å². The Morgan fingerprint density at radius 2 is 1.90 bits per heavy atom. The summed E-state index contributed by atoms with van der Waals surface area (Å²) in [7, 11) is 0. The summed E-state index contributed by atoms with van der Waals surface area (Å²) in [6.45, 7) is 5.45. The fraction of sp³-hybridized carbons (Fsp3) is 0.529. The number of nitrogens with two attached hydrogens (primary N) is 1. The molecule has 1 aliphatic carbocycles. The third-order valence-corrected chi connectivity index (χ3v) is 5.93. The van der Waals surface area contributed by atoms with Gasteiger partial charge in [0.25, 0.3) is 0 Å². The SMILES string of the molecule is NCC(c1csc2ccccc12)N1CCN(C2CC2)CC1. The molecule has 0 radical (unpaired) electrons. The van der Waals surface area contributed by atoms with Gasteiger partial charge >= 0.3 is 0 Å². The van der Waals surface area contributed by atoms with Crippen molar-refractivity contribution in [2.45, 2.75) is 24.9 Å². The maximum atomic E-state index is 6.14. The molecule has 21 heavy (non-hydrogen) atoms. The molecule has 2 fully saturated rings. The Kier molecular flexibility index (Phi) is 3.71. The first kappa shape index (κ1) is 13.7. The van der Waals surface area contributed by atoms with Crippen molar-refractivity contribution in [3.63, 3.8) is 0 Å². The number of hydrogen-bond donors (Lipinski definition) is 1. The van der Waals surface area contributed by atoms with Crippen LogP contribution in [0.25, 0.3) is 10.1 Å². The quantitative estimate of drug-likeness (QED) is 0.942. The number of piperazine rings is 1. The molecular formula is C17H23N3S. The van der Waals surface area contributed by atoms with Crippen molar-refractivity contribution in [1.82, 2.24) is 9.80 Å². The lowest BCUT2D eigenvalue weighted by Gasteiger charge is -2.39. The molecule has 2 aliphatic rings. The highest BCUT2D eigenvalue weighted by Gasteiger charge is 2.33. The lowest BCUT2D eigenvalue weighted by atomic mass is 10.0. The summed E-state index contributed by atoms with van der Waals surface area (Å²) in [5.41, 5.74) is 7.57. The molecule has 0 amide bonds. The number of fused-ring (bicyclic) bond motifs is 1. The number of thiophene rings is 1. The maximum absolute atomic E-state index is 6.14. The second-order valence-electron chi connectivity index (χ2n) is 6.24. The molecule has 4 heteroatoms. The topological polar surface area (TPSA) is 32.5 Å². The first-order chi connectivity index (χ1) is 10.4. The lowest BCUT2D eigenvalue weighted by Crippen LogP contribution is -2.49. The Hall–Kier alpha value is -0.940. The van der Waals surface area contributed by atoms with Crippen molar-refractivity contribution in [3.05, 3.63) is 35.2 Å². The molecule has 4 rings (SSSR count). The Labute approximate surface area is 130 Å². The van der Waals surface area contributed by atoms with E-state index in [0.29, 0.717) is 12.6 Å². The van der Waals surface area contributed by atoms with E-state index < -0.39 is 0 Å². The van der Waals surface area contributed by atoms with E-state index in [-0.39, 0.29) is 0 Å². The van der Waals surface area contributed by atoms with E-state index in [2.05, 4.69) is 39.4 Å². The molecule has 1 saturated carbocycles. The molecule has 3 nitrogen and oxygen atoms in total. The van der Waals surface area contributed by atoms with Gasteiger partial charge in [-0.05, 0) is 35.2 Å². The van der Waals surface area contributed by atoms with Gasteiger partial charge in [0.2, 0.25) is 0 Å². The van der Waals surface area contributed by atoms with Gasteiger partial charge in [-0.25, -0.2) is 0 Å². The Morgan fingerprint density at radius 1 is 1.14 bits per heavy atom. The van der Waals surface area contributed by atoms with Gasteiger partial charge < -0.3 is 5.73 Å². The van der Waals surface area contributed by atoms with E-state index in [0.717, 1.165) is 19.1 Å². The summed E-state index contributed by atoms with van der Waals surface area (Å²) in [6.07, 6.45) is 2.82. The van der Waals surface area contributed by atoms with Crippen molar-refractivity contribution in [3.8, 4) is 0 Å². The molecule has 1 aromatic heterocycles. The number of nitrogens with zero attached hydrogens (tertiary/aromatic N) is 2. The van der Waals surface area contributed by atoms with E-state index in [9.17, 15) is 0 Å². The van der Waals surface area contributed by atoms with E-state index in [1.165, 1.54) is 41.6 Å². The van der Waals surface area contributed by atoms with Gasteiger partial charge in [-0.15, -0.1) is 11.3 Å². The fourth-order valence-electron chi connectivity index (χ4n) is 3.58. The van der Waals surface area contributed by atoms with E-state index in [4.69, 9.17) is 5.73 Å². The minimum Gasteiger partial charge on any atom is -0.329 e. The van der Waals surface area contributed by atoms with Crippen LogP contribution < -0.4 is 5.73 Å². The summed E-state index contributed by atoms with van der Waals surface area (Å²) in [5, 5.41) is 3.71. The minimum atomic E-state index is 0.377. The van der Waals surface area contributed by atoms with Gasteiger partial charge in [0.1, 0.15) is 0 Å². The maximum Gasteiger partial charge on any atom is 0.0485 e. The van der Waals surface area contributed by atoms with Gasteiger partial charge in [-0.2, -0.15) is 0 Å². The van der Waals surface area contributed by atoms with Crippen LogP contribution in [0.4, 0.5) is 0 Å². The third-order valence-electron chi connectivity index (χ3n) is 4.95. The zero-order chi connectivity index (χ0) is 14.2. The fourth-order valence-corrected chi connectivity index (χ4v) is 4.59. The van der Waals surface area contributed by atoms with Crippen molar-refractivity contribution in [1.29, 1.82) is 0 Å². The third kappa shape index (κ3) is 2.61. The van der Waals surface area contributed by atoms with Crippen molar-refractivity contribution in [2.24, 2.45) is 5.73 Å². The average Bonchev–Trinajstić information content (AvgIpc) is 3.30.